The number of halogens is 7. The molecule has 0 aliphatic carbocycles. The van der Waals surface area contributed by atoms with Gasteiger partial charge in [0, 0.05) is 123 Å². The van der Waals surface area contributed by atoms with Crippen LogP contribution < -0.4 is 5.46 Å². The van der Waals surface area contributed by atoms with Gasteiger partial charge in [0.05, 0.1) is 73.0 Å². The fourth-order valence-electron chi connectivity index (χ4n) is 7.91. The van der Waals surface area contributed by atoms with Gasteiger partial charge in [-0.1, -0.05) is 7.43 Å². The zero-order valence-corrected chi connectivity index (χ0v) is 45.0. The van der Waals surface area contributed by atoms with Crippen LogP contribution in [-0.2, 0) is 52.0 Å². The smallest absolute Gasteiger partial charge is 0.469 e. The summed E-state index contributed by atoms with van der Waals surface area (Å²) in [7, 11) is 6.88. The Hall–Kier alpha value is -7.24. The van der Waals surface area contributed by atoms with E-state index >= 15 is 0 Å². The normalized spacial score (nSPS) is 14.4. The Morgan fingerprint density at radius 1 is 0.584 bits per heavy atom. The number of carbonyl (C=O) groups excluding carboxylic acids is 3. The zero-order chi connectivity index (χ0) is 56.1. The molecule has 0 radical (unpaired) electrons. The largest absolute Gasteiger partial charge is 0.498 e. The Morgan fingerprint density at radius 3 is 1.43 bits per heavy atom. The Kier molecular flexibility index (Phi) is 19.6. The first-order chi connectivity index (χ1) is 35.7. The quantitative estimate of drug-likeness (QED) is 0.0610. The molecular weight excluding hydrogens is 1080 g/mol. The van der Waals surface area contributed by atoms with Gasteiger partial charge >= 0.3 is 25.0 Å². The van der Waals surface area contributed by atoms with Crippen LogP contribution in [0.3, 0.4) is 0 Å². The summed E-state index contributed by atoms with van der Waals surface area (Å²) in [4.78, 5) is 46.4. The third-order valence-electron chi connectivity index (χ3n) is 12.9. The Bertz CT molecular complexity index is 3450. The number of rotatable bonds is 8. The standard InChI is InChI=1S/C17H15F2N3O2.C13H10BrF2NO2.C13H11F2NO2.C10H17BN2O2.CH4/c1-9(17(23)24-3)15-13(18)5-14-12(16(15)19)4-10(6-20-14)11-7-21-22(2)8-11;1-6(13(18)19-2)11-9(15)4-10-8(12(11)16)3-7(14)5-17-10;1-7(13(17)18-2)11-9(14)6-10-8(12(11)15)4-3-5-16-10;1-9(2)10(3,4)15-11(14-9)8-6-12-13(5)7-8;/h4-9H,1-3H3;3-6H,1-2H3;3-7H,1-2H3;6-7H,1-5H3;1H4. The molecule has 9 rings (SSSR count). The van der Waals surface area contributed by atoms with Gasteiger partial charge in [0.2, 0.25) is 0 Å². The summed E-state index contributed by atoms with van der Waals surface area (Å²) < 4.78 is 115. The number of methoxy groups -OCH3 is 3. The molecule has 1 aliphatic rings. The van der Waals surface area contributed by atoms with Gasteiger partial charge in [0.1, 0.15) is 34.9 Å². The summed E-state index contributed by atoms with van der Waals surface area (Å²) >= 11 is 3.17. The summed E-state index contributed by atoms with van der Waals surface area (Å²) in [5, 5.41) is 8.66. The van der Waals surface area contributed by atoms with Gasteiger partial charge in [-0.3, -0.25) is 38.7 Å². The average molecular weight is 1140 g/mol. The number of esters is 3. The van der Waals surface area contributed by atoms with Crippen molar-refractivity contribution in [2.45, 2.75) is 84.8 Å². The molecule has 408 valence electrons. The summed E-state index contributed by atoms with van der Waals surface area (Å²) in [6.45, 7) is 12.4. The lowest BCUT2D eigenvalue weighted by Gasteiger charge is -2.32. The Morgan fingerprint density at radius 2 is 1.00 bits per heavy atom. The molecule has 3 aromatic carbocycles. The molecule has 0 amide bonds. The molecular formula is C54H57BBrF6N7O8. The molecule has 3 atom stereocenters. The molecule has 1 saturated heterocycles. The van der Waals surface area contributed by atoms with Gasteiger partial charge in [-0.05, 0) is 88.7 Å². The number of aryl methyl sites for hydroxylation is 2. The van der Waals surface area contributed by atoms with Crippen LogP contribution in [0, 0.1) is 34.9 Å². The highest BCUT2D eigenvalue weighted by molar-refractivity contribution is 9.10. The number of ether oxygens (including phenoxy) is 3. The summed E-state index contributed by atoms with van der Waals surface area (Å²) in [5.74, 6) is -9.94. The number of hydrogen-bond donors (Lipinski definition) is 0. The molecule has 0 N–H and O–H groups in total. The van der Waals surface area contributed by atoms with E-state index in [2.05, 4.69) is 55.3 Å². The van der Waals surface area contributed by atoms with E-state index in [4.69, 9.17) is 9.31 Å². The lowest BCUT2D eigenvalue weighted by atomic mass is 9.82. The van der Waals surface area contributed by atoms with Crippen LogP contribution in [0.4, 0.5) is 26.3 Å². The molecule has 5 aromatic heterocycles. The Labute approximate surface area is 449 Å². The lowest BCUT2D eigenvalue weighted by Crippen LogP contribution is -2.41. The monoisotopic (exact) mass is 1140 g/mol. The first kappa shape index (κ1) is 60.6. The molecule has 23 heteroatoms. The summed E-state index contributed by atoms with van der Waals surface area (Å²) in [6, 6.07) is 9.46. The van der Waals surface area contributed by atoms with Crippen LogP contribution in [-0.4, -0.2) is 92.1 Å². The van der Waals surface area contributed by atoms with Crippen LogP contribution in [0.2, 0.25) is 0 Å². The van der Waals surface area contributed by atoms with Gasteiger partial charge in [-0.25, -0.2) is 26.3 Å². The van der Waals surface area contributed by atoms with Crippen molar-refractivity contribution in [1.82, 2.24) is 34.5 Å². The van der Waals surface area contributed by atoms with Gasteiger partial charge < -0.3 is 23.5 Å². The van der Waals surface area contributed by atoms with Crippen LogP contribution in [0.25, 0.3) is 43.8 Å². The minimum Gasteiger partial charge on any atom is -0.469 e. The third kappa shape index (κ3) is 13.1. The average Bonchev–Trinajstić information content (AvgIpc) is 4.09. The number of nitrogens with zero attached hydrogens (tertiary/aromatic N) is 7. The van der Waals surface area contributed by atoms with Crippen LogP contribution in [0.5, 0.6) is 0 Å². The topological polar surface area (TPSA) is 172 Å². The maximum atomic E-state index is 14.9. The third-order valence-corrected chi connectivity index (χ3v) is 13.3. The fraction of sp³-hybridized carbons (Fsp3) is 0.333. The molecule has 8 aromatic rings. The number of hydrogen-bond acceptors (Lipinski definition) is 13. The van der Waals surface area contributed by atoms with Crippen molar-refractivity contribution in [1.29, 1.82) is 0 Å². The van der Waals surface area contributed by atoms with Gasteiger partial charge in [0.15, 0.2) is 0 Å². The molecule has 1 aliphatic heterocycles. The molecule has 1 fully saturated rings. The maximum absolute atomic E-state index is 14.9. The highest BCUT2D eigenvalue weighted by Crippen LogP contribution is 2.37. The van der Waals surface area contributed by atoms with E-state index in [1.54, 1.807) is 47.1 Å². The van der Waals surface area contributed by atoms with E-state index in [1.165, 1.54) is 72.8 Å². The summed E-state index contributed by atoms with van der Waals surface area (Å²) in [6.07, 6.45) is 11.5. The number of pyridine rings is 3. The molecule has 0 bridgehead atoms. The molecule has 15 nitrogen and oxygen atoms in total. The molecule has 6 heterocycles. The highest BCUT2D eigenvalue weighted by atomic mass is 79.9. The maximum Gasteiger partial charge on any atom is 0.498 e. The second-order valence-corrected chi connectivity index (χ2v) is 19.4. The van der Waals surface area contributed by atoms with Gasteiger partial charge in [-0.15, -0.1) is 0 Å². The van der Waals surface area contributed by atoms with E-state index in [0.29, 0.717) is 10.0 Å². The zero-order valence-electron chi connectivity index (χ0n) is 43.4. The molecule has 77 heavy (non-hydrogen) atoms. The van der Waals surface area contributed by atoms with Crippen molar-refractivity contribution in [3.05, 3.63) is 142 Å². The van der Waals surface area contributed by atoms with Crippen molar-refractivity contribution < 1.29 is 64.2 Å². The second-order valence-electron chi connectivity index (χ2n) is 18.5. The van der Waals surface area contributed by atoms with Crippen LogP contribution >= 0.6 is 15.9 Å². The predicted octanol–water partition coefficient (Wildman–Crippen LogP) is 10.9. The van der Waals surface area contributed by atoms with Crippen molar-refractivity contribution in [2.24, 2.45) is 14.1 Å². The lowest BCUT2D eigenvalue weighted by molar-refractivity contribution is -0.143. The number of carbonyl (C=O) groups is 3. The SMILES string of the molecule is C.COC(=O)C(C)c1c(F)cc2ncc(-c3cnn(C)c3)cc2c1F.COC(=O)C(C)c1c(F)cc2ncc(Br)cc2c1F.COC(=O)C(C)c1c(F)cc2ncccc2c1F.Cn1cc(B2OC(C)(C)C(C)(C)O2)cn1. The minimum atomic E-state index is -1.05. The molecule has 3 unspecified atom stereocenters. The predicted molar refractivity (Wildman–Crippen MR) is 282 cm³/mol. The van der Waals surface area contributed by atoms with Gasteiger partial charge in [-0.2, -0.15) is 10.2 Å². The fourth-order valence-corrected chi connectivity index (χ4v) is 8.24. The second kappa shape index (κ2) is 24.8. The number of fused-ring (bicyclic) bond motifs is 3. The summed E-state index contributed by atoms with van der Waals surface area (Å²) in [5.41, 5.74) is 1.49. The Balaban J connectivity index is 0.000000191. The number of benzene rings is 3. The van der Waals surface area contributed by atoms with Crippen LogP contribution in [0.15, 0.2) is 90.3 Å². The minimum absolute atomic E-state index is 0. The van der Waals surface area contributed by atoms with E-state index in [-0.39, 0.29) is 75.1 Å². The first-order valence-corrected chi connectivity index (χ1v) is 24.0. The van der Waals surface area contributed by atoms with E-state index in [9.17, 15) is 40.7 Å². The molecule has 0 saturated carbocycles. The highest BCUT2D eigenvalue weighted by Gasteiger charge is 2.52. The van der Waals surface area contributed by atoms with Gasteiger partial charge in [0.25, 0.3) is 0 Å². The first-order valence-electron chi connectivity index (χ1n) is 23.3. The van der Waals surface area contributed by atoms with E-state index in [1.807, 2.05) is 40.9 Å². The van der Waals surface area contributed by atoms with Crippen molar-refractivity contribution in [2.75, 3.05) is 21.3 Å². The van der Waals surface area contributed by atoms with E-state index < -0.39 is 70.6 Å². The van der Waals surface area contributed by atoms with E-state index in [0.717, 1.165) is 29.2 Å². The number of aromatic nitrogens is 7. The van der Waals surface area contributed by atoms with Crippen molar-refractivity contribution in [3.8, 4) is 11.1 Å². The van der Waals surface area contributed by atoms with Crippen LogP contribution in [0.1, 0.15) is 90.3 Å². The molecule has 0 spiro atoms. The van der Waals surface area contributed by atoms with Crippen molar-refractivity contribution >= 4 is 79.1 Å². The van der Waals surface area contributed by atoms with Crippen molar-refractivity contribution in [3.63, 3.8) is 0 Å².